The molecule has 2 saturated carbocycles. The summed E-state index contributed by atoms with van der Waals surface area (Å²) < 4.78 is 41.8. The van der Waals surface area contributed by atoms with Gasteiger partial charge in [0.25, 0.3) is 21.6 Å². The van der Waals surface area contributed by atoms with Crippen LogP contribution in [0.4, 0.5) is 17.1 Å². The number of nitro groups is 1. The molecule has 3 aromatic carbocycles. The van der Waals surface area contributed by atoms with Crippen molar-refractivity contribution in [3.05, 3.63) is 117 Å². The zero-order valence-corrected chi connectivity index (χ0v) is 39.8. The smallest absolute Gasteiger partial charge is 0.293 e. The highest BCUT2D eigenvalue weighted by molar-refractivity contribution is 7.90. The van der Waals surface area contributed by atoms with Crippen molar-refractivity contribution in [1.82, 2.24) is 24.5 Å². The zero-order chi connectivity index (χ0) is 46.8. The van der Waals surface area contributed by atoms with E-state index >= 15 is 0 Å². The molecule has 0 atom stereocenters. The molecule has 1 amide bonds. The van der Waals surface area contributed by atoms with Crippen LogP contribution >= 0.6 is 11.6 Å². The molecule has 0 radical (unpaired) electrons. The van der Waals surface area contributed by atoms with Crippen LogP contribution in [0, 0.1) is 15.5 Å². The molecule has 17 heteroatoms. The van der Waals surface area contributed by atoms with Crippen LogP contribution in [0.15, 0.2) is 95.7 Å². The number of H-pyrrole nitrogens is 1. The van der Waals surface area contributed by atoms with Crippen molar-refractivity contribution in [1.29, 1.82) is 0 Å². The van der Waals surface area contributed by atoms with E-state index in [1.807, 2.05) is 24.3 Å². The molecule has 5 aromatic rings. The van der Waals surface area contributed by atoms with Crippen molar-refractivity contribution in [2.75, 3.05) is 69.2 Å². The average molecular weight is 964 g/mol. The normalized spacial score (nSPS) is 21.6. The topological polar surface area (TPSA) is 175 Å². The summed E-state index contributed by atoms with van der Waals surface area (Å²) in [6.07, 6.45) is 15.6. The van der Waals surface area contributed by atoms with E-state index in [4.69, 9.17) is 21.1 Å². The second kappa shape index (κ2) is 19.8. The molecule has 2 aromatic heterocycles. The lowest BCUT2D eigenvalue weighted by molar-refractivity contribution is -0.384. The molecular weight excluding hydrogens is 904 g/mol. The quantitative estimate of drug-likeness (QED) is 0.0755. The number of nitrogens with zero attached hydrogens (tertiary/aromatic N) is 5. The summed E-state index contributed by atoms with van der Waals surface area (Å²) in [5.41, 5.74) is 6.02. The fourth-order valence-corrected chi connectivity index (χ4v) is 12.5. The SMILES string of the molecule is O=C(NS(=O)(=O)c1ccc(NC2CCC(N3CCOCC3)CC2)c([N+](=O)[O-])c1)c1ccc(N2CCN(CC3=C(c4ccc(Cl)cc4)CCC4(CCCC4)C3)CC2)cc1Oc1cnc2[nH]ccc2c1. The minimum absolute atomic E-state index is 0.00364. The van der Waals surface area contributed by atoms with Gasteiger partial charge in [-0.2, -0.15) is 0 Å². The number of nitro benzene ring substituents is 1. The minimum atomic E-state index is -4.57. The Morgan fingerprint density at radius 2 is 1.69 bits per heavy atom. The van der Waals surface area contributed by atoms with Crippen molar-refractivity contribution >= 4 is 61.2 Å². The van der Waals surface area contributed by atoms with Gasteiger partial charge < -0.3 is 24.7 Å². The van der Waals surface area contributed by atoms with E-state index in [9.17, 15) is 23.3 Å². The van der Waals surface area contributed by atoms with Gasteiger partial charge in [-0.25, -0.2) is 18.1 Å². The highest BCUT2D eigenvalue weighted by Gasteiger charge is 2.39. The summed E-state index contributed by atoms with van der Waals surface area (Å²) in [5, 5.41) is 17.2. The minimum Gasteiger partial charge on any atom is -0.455 e. The molecule has 2 saturated heterocycles. The molecule has 5 aliphatic rings. The van der Waals surface area contributed by atoms with Crippen molar-refractivity contribution in [3.63, 3.8) is 0 Å². The fraction of sp³-hybridized carbons (Fsp3) is 0.451. The van der Waals surface area contributed by atoms with Crippen LogP contribution in [0.25, 0.3) is 16.6 Å². The van der Waals surface area contributed by atoms with Gasteiger partial charge in [-0.3, -0.25) is 24.7 Å². The Kier molecular flexibility index (Phi) is 13.5. The molecule has 0 bridgehead atoms. The lowest BCUT2D eigenvalue weighted by atomic mass is 9.69. The maximum Gasteiger partial charge on any atom is 0.293 e. The number of carbonyl (C=O) groups excluding carboxylic acids is 1. The molecule has 10 rings (SSSR count). The van der Waals surface area contributed by atoms with Gasteiger partial charge in [-0.1, -0.05) is 42.1 Å². The van der Waals surface area contributed by atoms with Crippen LogP contribution in [0.5, 0.6) is 11.5 Å². The molecule has 3 aliphatic carbocycles. The molecular formula is C51H59ClN8O7S. The lowest BCUT2D eigenvalue weighted by Gasteiger charge is -2.41. The number of nitrogens with one attached hydrogen (secondary N) is 3. The van der Waals surface area contributed by atoms with E-state index in [-0.39, 0.29) is 28.7 Å². The number of amides is 1. The predicted molar refractivity (Wildman–Crippen MR) is 264 cm³/mol. The van der Waals surface area contributed by atoms with Crippen LogP contribution in [-0.4, -0.2) is 110 Å². The number of allylic oxidation sites excluding steroid dienone is 1. The standard InChI is InChI=1S/C51H59ClN8O7S/c52-38-5-3-35(4-6-38)44-15-19-51(17-1-2-18-51)32-37(44)34-57-21-23-58(24-22-57)41-11-13-45(48(30-41)67-42-29-36-16-20-53-49(36)54-33-42)50(61)56-68(64,65)43-12-14-46(47(31-43)60(62)63)55-39-7-9-40(10-8-39)59-25-27-66-28-26-59/h3-6,11-14,16,20,29-31,33,39-40,55H,1-2,7-10,15,17-19,21-28,32,34H2,(H,53,54)(H,56,61). The number of pyridine rings is 1. The van der Waals surface area contributed by atoms with Gasteiger partial charge in [0, 0.05) is 92.3 Å². The zero-order valence-electron chi connectivity index (χ0n) is 38.3. The first-order chi connectivity index (χ1) is 33.0. The predicted octanol–water partition coefficient (Wildman–Crippen LogP) is 9.41. The number of aromatic nitrogens is 2. The summed E-state index contributed by atoms with van der Waals surface area (Å²) in [7, 11) is -4.57. The summed E-state index contributed by atoms with van der Waals surface area (Å²) >= 11 is 6.30. The Bertz CT molecular complexity index is 2790. The number of halogens is 1. The number of benzene rings is 3. The van der Waals surface area contributed by atoms with Crippen molar-refractivity contribution < 1.29 is 27.6 Å². The second-order valence-corrected chi connectivity index (χ2v) is 21.4. The number of piperazine rings is 1. The maximum atomic E-state index is 14.1. The van der Waals surface area contributed by atoms with E-state index in [0.717, 1.165) is 120 Å². The first-order valence-electron chi connectivity index (χ1n) is 24.1. The molecule has 1 spiro atoms. The molecule has 358 valence electrons. The third-order valence-corrected chi connectivity index (χ3v) is 16.6. The number of hydrogen-bond acceptors (Lipinski definition) is 12. The average Bonchev–Trinajstić information content (AvgIpc) is 4.02. The van der Waals surface area contributed by atoms with Crippen molar-refractivity contribution in [2.24, 2.45) is 5.41 Å². The Balaban J connectivity index is 0.846. The maximum absolute atomic E-state index is 14.1. The number of anilines is 2. The number of aromatic amines is 1. The van der Waals surface area contributed by atoms with Crippen molar-refractivity contribution in [2.45, 2.75) is 87.6 Å². The fourth-order valence-electron chi connectivity index (χ4n) is 11.4. The first kappa shape index (κ1) is 46.2. The number of hydrogen-bond donors (Lipinski definition) is 3. The second-order valence-electron chi connectivity index (χ2n) is 19.3. The molecule has 4 fully saturated rings. The highest BCUT2D eigenvalue weighted by atomic mass is 35.5. The van der Waals surface area contributed by atoms with Gasteiger partial charge >= 0.3 is 0 Å². The van der Waals surface area contributed by atoms with Gasteiger partial charge in [0.05, 0.1) is 34.8 Å². The van der Waals surface area contributed by atoms with Gasteiger partial charge in [-0.15, -0.1) is 0 Å². The Morgan fingerprint density at radius 3 is 2.44 bits per heavy atom. The summed E-state index contributed by atoms with van der Waals surface area (Å²) in [4.78, 5) is 40.2. The van der Waals surface area contributed by atoms with Crippen molar-refractivity contribution in [3.8, 4) is 11.5 Å². The number of carbonyl (C=O) groups is 1. The van der Waals surface area contributed by atoms with Gasteiger partial charge in [0.1, 0.15) is 22.8 Å². The number of morpholine rings is 1. The molecule has 2 aliphatic heterocycles. The van der Waals surface area contributed by atoms with Gasteiger partial charge in [0.15, 0.2) is 0 Å². The Morgan fingerprint density at radius 1 is 0.926 bits per heavy atom. The third kappa shape index (κ3) is 10.3. The Labute approximate surface area is 402 Å². The molecule has 0 unspecified atom stereocenters. The summed E-state index contributed by atoms with van der Waals surface area (Å²) in [5.74, 6) is -0.433. The van der Waals surface area contributed by atoms with E-state index < -0.39 is 25.7 Å². The van der Waals surface area contributed by atoms with Crippen LogP contribution in [0.2, 0.25) is 5.02 Å². The van der Waals surface area contributed by atoms with Crippen LogP contribution < -0.4 is 19.7 Å². The third-order valence-electron chi connectivity index (χ3n) is 15.1. The van der Waals surface area contributed by atoms with E-state index in [2.05, 4.69) is 46.8 Å². The first-order valence-corrected chi connectivity index (χ1v) is 26.0. The van der Waals surface area contributed by atoms with Crippen LogP contribution in [0.3, 0.4) is 0 Å². The van der Waals surface area contributed by atoms with Crippen LogP contribution in [0.1, 0.15) is 86.6 Å². The lowest BCUT2D eigenvalue weighted by Crippen LogP contribution is -2.47. The monoisotopic (exact) mass is 962 g/mol. The molecule has 3 N–H and O–H groups in total. The molecule has 4 heterocycles. The summed E-state index contributed by atoms with van der Waals surface area (Å²) in [6.45, 7) is 7.36. The largest absolute Gasteiger partial charge is 0.455 e. The van der Waals surface area contributed by atoms with Gasteiger partial charge in [-0.05, 0) is 123 Å². The van der Waals surface area contributed by atoms with Crippen LogP contribution in [-0.2, 0) is 14.8 Å². The molecule has 15 nitrogen and oxygen atoms in total. The highest BCUT2D eigenvalue weighted by Crippen LogP contribution is 2.52. The number of fused-ring (bicyclic) bond motifs is 1. The van der Waals surface area contributed by atoms with E-state index in [0.29, 0.717) is 22.9 Å². The molecule has 68 heavy (non-hydrogen) atoms. The number of sulfonamides is 1. The number of ether oxygens (including phenoxy) is 2. The Hall–Kier alpha value is -5.52. The summed E-state index contributed by atoms with van der Waals surface area (Å²) in [6, 6.07) is 21.3. The number of rotatable bonds is 13. The van der Waals surface area contributed by atoms with E-state index in [1.54, 1.807) is 36.2 Å². The van der Waals surface area contributed by atoms with E-state index in [1.165, 1.54) is 55.4 Å². The van der Waals surface area contributed by atoms with Gasteiger partial charge in [0.2, 0.25) is 0 Å².